The summed E-state index contributed by atoms with van der Waals surface area (Å²) in [6.45, 7) is 0. The number of anilines is 1. The average Bonchev–Trinajstić information content (AvgIpc) is 2.60. The zero-order valence-corrected chi connectivity index (χ0v) is 14.3. The van der Waals surface area contributed by atoms with Gasteiger partial charge < -0.3 is 10.1 Å². The lowest BCUT2D eigenvalue weighted by Crippen LogP contribution is -2.13. The number of halogens is 3. The van der Waals surface area contributed by atoms with E-state index in [9.17, 15) is 23.2 Å². The van der Waals surface area contributed by atoms with E-state index in [4.69, 9.17) is 4.74 Å². The Labute approximate surface area is 152 Å². The van der Waals surface area contributed by atoms with E-state index in [0.29, 0.717) is 11.3 Å². The van der Waals surface area contributed by atoms with E-state index in [1.54, 1.807) is 30.3 Å². The van der Waals surface area contributed by atoms with Crippen molar-refractivity contribution < 1.29 is 22.7 Å². The van der Waals surface area contributed by atoms with Crippen LogP contribution in [-0.4, -0.2) is 18.5 Å². The van der Waals surface area contributed by atoms with Crippen molar-refractivity contribution in [1.82, 2.24) is 0 Å². The number of rotatable bonds is 5. The van der Waals surface area contributed by atoms with Crippen LogP contribution < -0.4 is 10.1 Å². The molecule has 0 saturated heterocycles. The predicted octanol–water partition coefficient (Wildman–Crippen LogP) is 4.85. The SMILES string of the molecule is COc1ccc(/C=C(/C#N)C(=O)Nc2ccc(SC(F)(F)F)cc2)cc1. The van der Waals surface area contributed by atoms with Crippen molar-refractivity contribution in [2.45, 2.75) is 10.4 Å². The number of carbonyl (C=O) groups is 1. The Morgan fingerprint density at radius 1 is 1.15 bits per heavy atom. The zero-order chi connectivity index (χ0) is 19.2. The molecule has 0 aliphatic heterocycles. The minimum absolute atomic E-state index is 0.00443. The molecule has 2 aromatic carbocycles. The summed E-state index contributed by atoms with van der Waals surface area (Å²) in [4.78, 5) is 12.2. The van der Waals surface area contributed by atoms with Crippen LogP contribution in [0.5, 0.6) is 5.75 Å². The van der Waals surface area contributed by atoms with E-state index >= 15 is 0 Å². The highest BCUT2D eigenvalue weighted by atomic mass is 32.2. The van der Waals surface area contributed by atoms with Crippen LogP contribution >= 0.6 is 11.8 Å². The van der Waals surface area contributed by atoms with Crippen molar-refractivity contribution in [2.24, 2.45) is 0 Å². The number of nitrogens with one attached hydrogen (secondary N) is 1. The van der Waals surface area contributed by atoms with Gasteiger partial charge in [0.25, 0.3) is 5.91 Å². The number of nitrogens with zero attached hydrogens (tertiary/aromatic N) is 1. The molecule has 4 nitrogen and oxygen atoms in total. The molecule has 0 aliphatic rings. The van der Waals surface area contributed by atoms with Crippen molar-refractivity contribution >= 4 is 29.4 Å². The quantitative estimate of drug-likeness (QED) is 0.459. The van der Waals surface area contributed by atoms with Crippen LogP contribution in [0.1, 0.15) is 5.56 Å². The van der Waals surface area contributed by atoms with E-state index in [1.807, 2.05) is 0 Å². The molecule has 0 unspecified atom stereocenters. The van der Waals surface area contributed by atoms with Gasteiger partial charge in [0.2, 0.25) is 0 Å². The highest BCUT2D eigenvalue weighted by Gasteiger charge is 2.29. The molecule has 8 heteroatoms. The molecule has 0 aromatic heterocycles. The average molecular weight is 378 g/mol. The molecule has 0 heterocycles. The summed E-state index contributed by atoms with van der Waals surface area (Å²) in [6, 6.07) is 13.7. The number of carbonyl (C=O) groups excluding carboxylic acids is 1. The topological polar surface area (TPSA) is 62.1 Å². The predicted molar refractivity (Wildman–Crippen MR) is 93.6 cm³/mol. The van der Waals surface area contributed by atoms with Gasteiger partial charge in [-0.3, -0.25) is 4.79 Å². The summed E-state index contributed by atoms with van der Waals surface area (Å²) < 4.78 is 41.9. The van der Waals surface area contributed by atoms with Gasteiger partial charge >= 0.3 is 5.51 Å². The third kappa shape index (κ3) is 5.86. The standard InChI is InChI=1S/C18H13F3N2O2S/c1-25-15-6-2-12(3-7-15)10-13(11-22)17(24)23-14-4-8-16(9-5-14)26-18(19,20)21/h2-10H,1H3,(H,23,24)/b13-10-. The van der Waals surface area contributed by atoms with Crippen LogP contribution in [0.15, 0.2) is 59.0 Å². The highest BCUT2D eigenvalue weighted by molar-refractivity contribution is 8.00. The first-order valence-electron chi connectivity index (χ1n) is 7.24. The van der Waals surface area contributed by atoms with Gasteiger partial charge in [0.1, 0.15) is 17.4 Å². The molecule has 0 spiro atoms. The Morgan fingerprint density at radius 2 is 1.77 bits per heavy atom. The number of ether oxygens (including phenoxy) is 1. The van der Waals surface area contributed by atoms with E-state index < -0.39 is 11.4 Å². The number of hydrogen-bond acceptors (Lipinski definition) is 4. The zero-order valence-electron chi connectivity index (χ0n) is 13.5. The lowest BCUT2D eigenvalue weighted by Gasteiger charge is -2.08. The van der Waals surface area contributed by atoms with E-state index in [1.165, 1.54) is 37.5 Å². The smallest absolute Gasteiger partial charge is 0.446 e. The monoisotopic (exact) mass is 378 g/mol. The number of benzene rings is 2. The van der Waals surface area contributed by atoms with Gasteiger partial charge in [0.05, 0.1) is 7.11 Å². The van der Waals surface area contributed by atoms with Gasteiger partial charge in [-0.25, -0.2) is 0 Å². The maximum Gasteiger partial charge on any atom is 0.446 e. The van der Waals surface area contributed by atoms with Crippen molar-refractivity contribution in [3.05, 3.63) is 59.7 Å². The third-order valence-electron chi connectivity index (χ3n) is 3.14. The lowest BCUT2D eigenvalue weighted by molar-refractivity contribution is -0.112. The van der Waals surface area contributed by atoms with Crippen molar-refractivity contribution in [1.29, 1.82) is 5.26 Å². The van der Waals surface area contributed by atoms with Gasteiger partial charge in [0.15, 0.2) is 0 Å². The summed E-state index contributed by atoms with van der Waals surface area (Å²) in [6.07, 6.45) is 1.41. The molecule has 0 fully saturated rings. The second-order valence-corrected chi connectivity index (χ2v) is 6.11. The minimum Gasteiger partial charge on any atom is -0.497 e. The Bertz CT molecular complexity index is 839. The Balaban J connectivity index is 2.08. The first kappa shape index (κ1) is 19.4. The van der Waals surface area contributed by atoms with Crippen LogP contribution in [0, 0.1) is 11.3 Å². The van der Waals surface area contributed by atoms with Crippen LogP contribution in [-0.2, 0) is 4.79 Å². The lowest BCUT2D eigenvalue weighted by atomic mass is 10.1. The van der Waals surface area contributed by atoms with Crippen LogP contribution in [0.25, 0.3) is 6.08 Å². The molecule has 0 saturated carbocycles. The number of alkyl halides is 3. The van der Waals surface area contributed by atoms with E-state index in [-0.39, 0.29) is 27.9 Å². The highest BCUT2D eigenvalue weighted by Crippen LogP contribution is 2.37. The molecule has 2 aromatic rings. The summed E-state index contributed by atoms with van der Waals surface area (Å²) in [5.41, 5.74) is -3.59. The molecular weight excluding hydrogens is 365 g/mol. The summed E-state index contributed by atoms with van der Waals surface area (Å²) in [7, 11) is 1.53. The molecule has 134 valence electrons. The summed E-state index contributed by atoms with van der Waals surface area (Å²) in [5, 5.41) is 11.7. The van der Waals surface area contributed by atoms with Crippen LogP contribution in [0.2, 0.25) is 0 Å². The number of hydrogen-bond donors (Lipinski definition) is 1. The number of methoxy groups -OCH3 is 1. The fourth-order valence-corrected chi connectivity index (χ4v) is 2.49. The molecule has 26 heavy (non-hydrogen) atoms. The molecule has 0 aliphatic carbocycles. The Kier molecular flexibility index (Phi) is 6.31. The number of nitriles is 1. The normalized spacial score (nSPS) is 11.6. The Hall–Kier alpha value is -2.92. The van der Waals surface area contributed by atoms with Crippen molar-refractivity contribution in [3.8, 4) is 11.8 Å². The molecular formula is C18H13F3N2O2S. The molecule has 0 radical (unpaired) electrons. The van der Waals surface area contributed by atoms with E-state index in [0.717, 1.165) is 0 Å². The summed E-state index contributed by atoms with van der Waals surface area (Å²) in [5.74, 6) is -0.0125. The fraction of sp³-hybridized carbons (Fsp3) is 0.111. The first-order chi connectivity index (χ1) is 12.3. The molecule has 0 bridgehead atoms. The van der Waals surface area contributed by atoms with Crippen molar-refractivity contribution in [3.63, 3.8) is 0 Å². The third-order valence-corrected chi connectivity index (χ3v) is 3.88. The molecule has 1 N–H and O–H groups in total. The van der Waals surface area contributed by atoms with Gasteiger partial charge in [-0.05, 0) is 59.8 Å². The maximum absolute atomic E-state index is 12.3. The van der Waals surface area contributed by atoms with Crippen LogP contribution in [0.3, 0.4) is 0 Å². The van der Waals surface area contributed by atoms with Gasteiger partial charge in [-0.2, -0.15) is 18.4 Å². The molecule has 1 amide bonds. The van der Waals surface area contributed by atoms with Crippen LogP contribution in [0.4, 0.5) is 18.9 Å². The van der Waals surface area contributed by atoms with Crippen molar-refractivity contribution in [2.75, 3.05) is 12.4 Å². The van der Waals surface area contributed by atoms with Gasteiger partial charge in [-0.15, -0.1) is 0 Å². The second-order valence-electron chi connectivity index (χ2n) is 4.97. The summed E-state index contributed by atoms with van der Waals surface area (Å²) >= 11 is -0.243. The maximum atomic E-state index is 12.3. The second kappa shape index (κ2) is 8.45. The number of thioether (sulfide) groups is 1. The minimum atomic E-state index is -4.38. The fourth-order valence-electron chi connectivity index (χ4n) is 1.95. The van der Waals surface area contributed by atoms with Gasteiger partial charge in [0, 0.05) is 10.6 Å². The van der Waals surface area contributed by atoms with Gasteiger partial charge in [-0.1, -0.05) is 12.1 Å². The molecule has 0 atom stereocenters. The largest absolute Gasteiger partial charge is 0.497 e. The first-order valence-corrected chi connectivity index (χ1v) is 8.05. The number of amides is 1. The Morgan fingerprint density at radius 3 is 2.27 bits per heavy atom. The molecule has 2 rings (SSSR count). The van der Waals surface area contributed by atoms with E-state index in [2.05, 4.69) is 5.32 Å².